The molecule has 8 heteroatoms. The van der Waals surface area contributed by atoms with Crippen LogP contribution in [0, 0.1) is 0 Å². The molecule has 0 aliphatic carbocycles. The van der Waals surface area contributed by atoms with Crippen LogP contribution in [0.1, 0.15) is 18.1 Å². The van der Waals surface area contributed by atoms with E-state index in [0.717, 1.165) is 56.9 Å². The molecule has 0 spiro atoms. The number of halogens is 1. The lowest BCUT2D eigenvalue weighted by Crippen LogP contribution is -2.39. The van der Waals surface area contributed by atoms with E-state index in [4.69, 9.17) is 19.2 Å². The minimum Gasteiger partial charge on any atom is -0.497 e. The van der Waals surface area contributed by atoms with Crippen molar-refractivity contribution in [1.29, 1.82) is 0 Å². The first-order valence-electron chi connectivity index (χ1n) is 10.9. The molecular weight excluding hydrogens is 519 g/mol. The molecule has 32 heavy (non-hydrogen) atoms. The van der Waals surface area contributed by atoms with Crippen molar-refractivity contribution in [2.24, 2.45) is 4.99 Å². The molecule has 2 aromatic carbocycles. The minimum absolute atomic E-state index is 0. The number of methoxy groups -OCH3 is 1. The van der Waals surface area contributed by atoms with Crippen LogP contribution in [0.2, 0.25) is 0 Å². The fraction of sp³-hybridized carbons (Fsp3) is 0.458. The lowest BCUT2D eigenvalue weighted by molar-refractivity contribution is 0.0341. The van der Waals surface area contributed by atoms with Crippen molar-refractivity contribution in [3.8, 4) is 11.5 Å². The van der Waals surface area contributed by atoms with Crippen LogP contribution < -0.4 is 20.1 Å². The Labute approximate surface area is 208 Å². The molecule has 2 N–H and O–H groups in total. The molecule has 0 radical (unpaired) electrons. The van der Waals surface area contributed by atoms with Gasteiger partial charge in [-0.2, -0.15) is 0 Å². The molecular formula is C24H35IN4O3. The third-order valence-electron chi connectivity index (χ3n) is 5.09. The van der Waals surface area contributed by atoms with Crippen LogP contribution in [-0.2, 0) is 17.8 Å². The van der Waals surface area contributed by atoms with Crippen LogP contribution in [0.3, 0.4) is 0 Å². The topological polar surface area (TPSA) is 67.4 Å². The summed E-state index contributed by atoms with van der Waals surface area (Å²) < 4.78 is 16.4. The van der Waals surface area contributed by atoms with Gasteiger partial charge in [-0.25, -0.2) is 4.99 Å². The molecule has 2 aromatic rings. The zero-order valence-corrected chi connectivity index (χ0v) is 21.3. The lowest BCUT2D eigenvalue weighted by atomic mass is 10.1. The van der Waals surface area contributed by atoms with Crippen molar-refractivity contribution in [3.63, 3.8) is 0 Å². The van der Waals surface area contributed by atoms with E-state index in [1.165, 1.54) is 11.1 Å². The first-order valence-corrected chi connectivity index (χ1v) is 10.9. The Kier molecular flexibility index (Phi) is 12.2. The highest BCUT2D eigenvalue weighted by atomic mass is 127. The predicted molar refractivity (Wildman–Crippen MR) is 139 cm³/mol. The van der Waals surface area contributed by atoms with Crippen molar-refractivity contribution in [1.82, 2.24) is 15.5 Å². The number of benzene rings is 2. The van der Waals surface area contributed by atoms with Crippen molar-refractivity contribution in [3.05, 3.63) is 59.7 Å². The van der Waals surface area contributed by atoms with Gasteiger partial charge in [-0.15, -0.1) is 24.0 Å². The number of morpholine rings is 1. The summed E-state index contributed by atoms with van der Waals surface area (Å²) in [6.07, 6.45) is 0. The number of nitrogens with one attached hydrogen (secondary N) is 2. The molecule has 0 amide bonds. The third kappa shape index (κ3) is 8.84. The number of aliphatic imine (C=N–C) groups is 1. The Hall–Kier alpha value is -2.04. The second kappa shape index (κ2) is 14.9. The van der Waals surface area contributed by atoms with E-state index < -0.39 is 0 Å². The summed E-state index contributed by atoms with van der Waals surface area (Å²) in [5.74, 6) is 2.43. The van der Waals surface area contributed by atoms with Gasteiger partial charge in [0, 0.05) is 26.2 Å². The van der Waals surface area contributed by atoms with Crippen molar-refractivity contribution in [2.75, 3.05) is 53.1 Å². The van der Waals surface area contributed by atoms with Crippen LogP contribution in [-0.4, -0.2) is 64.0 Å². The van der Waals surface area contributed by atoms with Gasteiger partial charge in [-0.05, 0) is 42.3 Å². The molecule has 0 saturated carbocycles. The summed E-state index contributed by atoms with van der Waals surface area (Å²) in [6, 6.07) is 16.1. The number of hydrogen-bond donors (Lipinski definition) is 2. The second-order valence-corrected chi connectivity index (χ2v) is 7.30. The average Bonchev–Trinajstić information content (AvgIpc) is 2.82. The Morgan fingerprint density at radius 1 is 1.00 bits per heavy atom. The minimum atomic E-state index is 0. The Morgan fingerprint density at radius 3 is 2.38 bits per heavy atom. The Balaban J connectivity index is 0.00000363. The van der Waals surface area contributed by atoms with Gasteiger partial charge >= 0.3 is 0 Å². The Bertz CT molecular complexity index is 811. The summed E-state index contributed by atoms with van der Waals surface area (Å²) in [6.45, 7) is 9.24. The van der Waals surface area contributed by atoms with Gasteiger partial charge in [0.05, 0.1) is 33.4 Å². The number of nitrogens with zero attached hydrogens (tertiary/aromatic N) is 2. The van der Waals surface area contributed by atoms with Gasteiger partial charge in [0.15, 0.2) is 5.96 Å². The largest absolute Gasteiger partial charge is 0.497 e. The molecule has 0 bridgehead atoms. The molecule has 0 atom stereocenters. The van der Waals surface area contributed by atoms with E-state index >= 15 is 0 Å². The van der Waals surface area contributed by atoms with Crippen molar-refractivity contribution < 1.29 is 14.2 Å². The molecule has 1 saturated heterocycles. The van der Waals surface area contributed by atoms with Gasteiger partial charge in [-0.3, -0.25) is 4.90 Å². The number of guanidine groups is 1. The van der Waals surface area contributed by atoms with E-state index in [-0.39, 0.29) is 24.0 Å². The zero-order chi connectivity index (χ0) is 21.7. The highest BCUT2D eigenvalue weighted by Crippen LogP contribution is 2.17. The van der Waals surface area contributed by atoms with E-state index in [9.17, 15) is 0 Å². The standard InChI is InChI=1S/C24H34N4O3.HI/c1-3-25-24(26-12-15-31-23-10-8-22(29-2)9-11-23)27-18-20-6-4-5-7-21(20)19-28-13-16-30-17-14-28;/h4-11H,3,12-19H2,1-2H3,(H2,25,26,27);1H. The first kappa shape index (κ1) is 26.2. The number of rotatable bonds is 10. The predicted octanol–water partition coefficient (Wildman–Crippen LogP) is 3.28. The van der Waals surface area contributed by atoms with Crippen LogP contribution in [0.25, 0.3) is 0 Å². The summed E-state index contributed by atoms with van der Waals surface area (Å²) >= 11 is 0. The normalized spacial score (nSPS) is 14.4. The highest BCUT2D eigenvalue weighted by Gasteiger charge is 2.12. The second-order valence-electron chi connectivity index (χ2n) is 7.30. The fourth-order valence-electron chi connectivity index (χ4n) is 3.38. The third-order valence-corrected chi connectivity index (χ3v) is 5.09. The maximum Gasteiger partial charge on any atom is 0.191 e. The molecule has 7 nitrogen and oxygen atoms in total. The van der Waals surface area contributed by atoms with E-state index in [1.807, 2.05) is 24.3 Å². The fourth-order valence-corrected chi connectivity index (χ4v) is 3.38. The van der Waals surface area contributed by atoms with E-state index in [1.54, 1.807) is 7.11 Å². The molecule has 3 rings (SSSR count). The number of hydrogen-bond acceptors (Lipinski definition) is 5. The van der Waals surface area contributed by atoms with Gasteiger partial charge < -0.3 is 24.8 Å². The first-order chi connectivity index (χ1) is 15.3. The van der Waals surface area contributed by atoms with Crippen molar-refractivity contribution in [2.45, 2.75) is 20.0 Å². The van der Waals surface area contributed by atoms with Gasteiger partial charge in [-0.1, -0.05) is 24.3 Å². The van der Waals surface area contributed by atoms with Crippen LogP contribution >= 0.6 is 24.0 Å². The molecule has 1 aliphatic rings. The maximum atomic E-state index is 5.78. The SMILES string of the molecule is CCNC(=NCc1ccccc1CN1CCOCC1)NCCOc1ccc(OC)cc1.I. The summed E-state index contributed by atoms with van der Waals surface area (Å²) in [5, 5.41) is 6.65. The zero-order valence-electron chi connectivity index (χ0n) is 19.0. The molecule has 1 heterocycles. The molecule has 1 aliphatic heterocycles. The van der Waals surface area contributed by atoms with Crippen LogP contribution in [0.4, 0.5) is 0 Å². The van der Waals surface area contributed by atoms with E-state index in [2.05, 4.69) is 46.7 Å². The summed E-state index contributed by atoms with van der Waals surface area (Å²) in [5.41, 5.74) is 2.58. The van der Waals surface area contributed by atoms with Gasteiger partial charge in [0.25, 0.3) is 0 Å². The smallest absolute Gasteiger partial charge is 0.191 e. The Morgan fingerprint density at radius 2 is 1.69 bits per heavy atom. The van der Waals surface area contributed by atoms with Gasteiger partial charge in [0.1, 0.15) is 18.1 Å². The molecule has 0 unspecified atom stereocenters. The number of ether oxygens (including phenoxy) is 3. The quantitative estimate of drug-likeness (QED) is 0.204. The monoisotopic (exact) mass is 554 g/mol. The highest BCUT2D eigenvalue weighted by molar-refractivity contribution is 14.0. The summed E-state index contributed by atoms with van der Waals surface area (Å²) in [7, 11) is 1.66. The van der Waals surface area contributed by atoms with Gasteiger partial charge in [0.2, 0.25) is 0 Å². The maximum absolute atomic E-state index is 5.78. The summed E-state index contributed by atoms with van der Waals surface area (Å²) in [4.78, 5) is 7.22. The van der Waals surface area contributed by atoms with E-state index in [0.29, 0.717) is 19.7 Å². The molecule has 0 aromatic heterocycles. The molecule has 1 fully saturated rings. The average molecular weight is 554 g/mol. The van der Waals surface area contributed by atoms with Crippen molar-refractivity contribution >= 4 is 29.9 Å². The van der Waals surface area contributed by atoms with Crippen LogP contribution in [0.15, 0.2) is 53.5 Å². The molecule has 176 valence electrons. The van der Waals surface area contributed by atoms with Crippen LogP contribution in [0.5, 0.6) is 11.5 Å². The lowest BCUT2D eigenvalue weighted by Gasteiger charge is -2.27.